The molecule has 2 aromatic carbocycles. The highest BCUT2D eigenvalue weighted by atomic mass is 16.5. The number of unbranched alkanes of at least 4 members (excludes halogenated alkanes) is 2. The average molecular weight is 386 g/mol. The summed E-state index contributed by atoms with van der Waals surface area (Å²) < 4.78 is 6.24. The van der Waals surface area contributed by atoms with Crippen LogP contribution in [0.3, 0.4) is 0 Å². The number of phenols is 1. The highest BCUT2D eigenvalue weighted by molar-refractivity contribution is 5.73. The smallest absolute Gasteiger partial charge is 0.320 e. The van der Waals surface area contributed by atoms with Crippen molar-refractivity contribution in [2.24, 2.45) is 5.73 Å². The Morgan fingerprint density at radius 2 is 1.57 bits per heavy atom. The molecule has 1 atom stereocenters. The van der Waals surface area contributed by atoms with Gasteiger partial charge in [-0.3, -0.25) is 4.79 Å². The summed E-state index contributed by atoms with van der Waals surface area (Å²) in [6, 6.07) is 9.85. The lowest BCUT2D eigenvalue weighted by Gasteiger charge is -2.19. The summed E-state index contributed by atoms with van der Waals surface area (Å²) in [5.74, 6) is 0.723. The van der Waals surface area contributed by atoms with Gasteiger partial charge in [0.25, 0.3) is 0 Å². The Hall–Kier alpha value is -2.53. The Morgan fingerprint density at radius 1 is 1.04 bits per heavy atom. The molecule has 5 heteroatoms. The van der Waals surface area contributed by atoms with Crippen molar-refractivity contribution in [1.82, 2.24) is 0 Å². The van der Waals surface area contributed by atoms with E-state index in [1.807, 2.05) is 12.1 Å². The monoisotopic (exact) mass is 385 g/mol. The lowest BCUT2D eigenvalue weighted by Crippen LogP contribution is -2.32. The van der Waals surface area contributed by atoms with E-state index >= 15 is 0 Å². The molecule has 0 aliphatic carbocycles. The Labute approximate surface area is 167 Å². The van der Waals surface area contributed by atoms with E-state index in [1.54, 1.807) is 24.3 Å². The number of aliphatic carboxylic acids is 1. The fourth-order valence-corrected chi connectivity index (χ4v) is 3.15. The zero-order valence-corrected chi connectivity index (χ0v) is 16.8. The number of hydrogen-bond donors (Lipinski definition) is 3. The molecule has 0 aromatic heterocycles. The van der Waals surface area contributed by atoms with Crippen molar-refractivity contribution >= 4 is 5.97 Å². The minimum absolute atomic E-state index is 0.197. The van der Waals surface area contributed by atoms with Gasteiger partial charge < -0.3 is 20.7 Å². The predicted octanol–water partition coefficient (Wildman–Crippen LogP) is 4.82. The van der Waals surface area contributed by atoms with Crippen LogP contribution < -0.4 is 10.5 Å². The van der Waals surface area contributed by atoms with Gasteiger partial charge in [-0.2, -0.15) is 0 Å². The van der Waals surface area contributed by atoms with Crippen LogP contribution in [0, 0.1) is 0 Å². The lowest BCUT2D eigenvalue weighted by molar-refractivity contribution is -0.138. The maximum atomic E-state index is 11.2. The van der Waals surface area contributed by atoms with Gasteiger partial charge in [0.05, 0.1) is 0 Å². The minimum Gasteiger partial charge on any atom is -0.508 e. The number of carbonyl (C=O) groups is 1. The first-order chi connectivity index (χ1) is 13.4. The molecule has 0 amide bonds. The zero-order valence-electron chi connectivity index (χ0n) is 16.8. The number of hydrogen-bond acceptors (Lipinski definition) is 4. The van der Waals surface area contributed by atoms with E-state index < -0.39 is 12.0 Å². The van der Waals surface area contributed by atoms with Crippen LogP contribution in [0.25, 0.3) is 0 Å². The van der Waals surface area contributed by atoms with Crippen molar-refractivity contribution in [3.63, 3.8) is 0 Å². The van der Waals surface area contributed by atoms with Crippen LogP contribution in [-0.4, -0.2) is 22.2 Å². The molecular formula is C23H31NO4. The van der Waals surface area contributed by atoms with Crippen molar-refractivity contribution in [3.8, 4) is 17.2 Å². The largest absolute Gasteiger partial charge is 0.508 e. The maximum absolute atomic E-state index is 11.2. The van der Waals surface area contributed by atoms with E-state index in [9.17, 15) is 9.90 Å². The molecule has 2 aromatic rings. The molecule has 0 fully saturated rings. The number of aryl methyl sites for hydroxylation is 2. The Kier molecular flexibility index (Phi) is 8.33. The molecule has 152 valence electrons. The third kappa shape index (κ3) is 6.27. The summed E-state index contributed by atoms with van der Waals surface area (Å²) in [6.45, 7) is 4.28. The number of benzene rings is 2. The molecule has 4 N–H and O–H groups in total. The SMILES string of the molecule is CCCCc1cc(C[C@H](N)C(=O)O)cc(CCCC)c1Oc1ccc(O)cc1. The fourth-order valence-electron chi connectivity index (χ4n) is 3.15. The van der Waals surface area contributed by atoms with Gasteiger partial charge in [-0.25, -0.2) is 0 Å². The molecule has 0 aliphatic rings. The highest BCUT2D eigenvalue weighted by Gasteiger charge is 2.17. The summed E-state index contributed by atoms with van der Waals surface area (Å²) >= 11 is 0. The van der Waals surface area contributed by atoms with Gasteiger partial charge in [0.1, 0.15) is 23.3 Å². The second kappa shape index (κ2) is 10.7. The summed E-state index contributed by atoms with van der Waals surface area (Å²) in [5, 5.41) is 18.7. The molecule has 0 unspecified atom stereocenters. The number of rotatable bonds is 11. The number of ether oxygens (including phenoxy) is 1. The van der Waals surface area contributed by atoms with E-state index in [4.69, 9.17) is 15.6 Å². The summed E-state index contributed by atoms with van der Waals surface area (Å²) in [6.07, 6.45) is 6.18. The van der Waals surface area contributed by atoms with Crippen LogP contribution in [0.4, 0.5) is 0 Å². The quantitative estimate of drug-likeness (QED) is 0.515. The molecule has 0 bridgehead atoms. The van der Waals surface area contributed by atoms with Gasteiger partial charge >= 0.3 is 5.97 Å². The first-order valence-corrected chi connectivity index (χ1v) is 10.0. The second-order valence-corrected chi connectivity index (χ2v) is 7.20. The van der Waals surface area contributed by atoms with Gasteiger partial charge in [-0.1, -0.05) is 38.8 Å². The van der Waals surface area contributed by atoms with Gasteiger partial charge in [0.2, 0.25) is 0 Å². The maximum Gasteiger partial charge on any atom is 0.320 e. The van der Waals surface area contributed by atoms with Crippen LogP contribution in [-0.2, 0) is 24.1 Å². The van der Waals surface area contributed by atoms with Crippen LogP contribution >= 0.6 is 0 Å². The average Bonchev–Trinajstić information content (AvgIpc) is 2.67. The number of carboxylic acid groups (broad SMARTS) is 1. The molecule has 28 heavy (non-hydrogen) atoms. The van der Waals surface area contributed by atoms with Crippen LogP contribution in [0.2, 0.25) is 0 Å². The van der Waals surface area contributed by atoms with Gasteiger partial charge in [-0.15, -0.1) is 0 Å². The Balaban J connectivity index is 2.44. The van der Waals surface area contributed by atoms with Gasteiger partial charge in [0.15, 0.2) is 0 Å². The molecule has 5 nitrogen and oxygen atoms in total. The van der Waals surface area contributed by atoms with Crippen LogP contribution in [0.15, 0.2) is 36.4 Å². The number of phenolic OH excluding ortho intramolecular Hbond substituents is 1. The number of aromatic hydroxyl groups is 1. The molecule has 2 rings (SSSR count). The molecule has 0 radical (unpaired) electrons. The van der Waals surface area contributed by atoms with E-state index in [0.717, 1.165) is 61.0 Å². The topological polar surface area (TPSA) is 92.8 Å². The lowest BCUT2D eigenvalue weighted by atomic mass is 9.94. The summed E-state index contributed by atoms with van der Waals surface area (Å²) in [5.41, 5.74) is 8.87. The molecular weight excluding hydrogens is 354 g/mol. The highest BCUT2D eigenvalue weighted by Crippen LogP contribution is 2.34. The van der Waals surface area contributed by atoms with Crippen LogP contribution in [0.1, 0.15) is 56.2 Å². The Bertz CT molecular complexity index is 742. The first-order valence-electron chi connectivity index (χ1n) is 10.0. The normalized spacial score (nSPS) is 12.0. The van der Waals surface area contributed by atoms with Crippen molar-refractivity contribution in [1.29, 1.82) is 0 Å². The summed E-state index contributed by atoms with van der Waals surface area (Å²) in [7, 11) is 0. The standard InChI is InChI=1S/C23H31NO4/c1-3-5-7-17-13-16(15-21(24)23(26)27)14-18(8-6-4-2)22(17)28-20-11-9-19(25)10-12-20/h9-14,21,25H,3-8,15,24H2,1-2H3,(H,26,27)/t21-/m0/s1. The molecule has 0 heterocycles. The van der Waals surface area contributed by atoms with Crippen molar-refractivity contribution < 1.29 is 19.7 Å². The van der Waals surface area contributed by atoms with Crippen molar-refractivity contribution in [2.45, 2.75) is 64.8 Å². The Morgan fingerprint density at radius 3 is 2.04 bits per heavy atom. The van der Waals surface area contributed by atoms with E-state index in [1.165, 1.54) is 0 Å². The number of nitrogens with two attached hydrogens (primary N) is 1. The van der Waals surface area contributed by atoms with Crippen molar-refractivity contribution in [2.75, 3.05) is 0 Å². The van der Waals surface area contributed by atoms with E-state index in [2.05, 4.69) is 13.8 Å². The molecule has 0 saturated heterocycles. The van der Waals surface area contributed by atoms with Crippen molar-refractivity contribution in [3.05, 3.63) is 53.1 Å². The van der Waals surface area contributed by atoms with Gasteiger partial charge in [0, 0.05) is 0 Å². The molecule has 0 spiro atoms. The predicted molar refractivity (Wildman–Crippen MR) is 111 cm³/mol. The van der Waals surface area contributed by atoms with Crippen LogP contribution in [0.5, 0.6) is 17.2 Å². The minimum atomic E-state index is -0.991. The summed E-state index contributed by atoms with van der Waals surface area (Å²) in [4.78, 5) is 11.2. The number of carboxylic acids is 1. The molecule has 0 saturated carbocycles. The third-order valence-electron chi connectivity index (χ3n) is 4.73. The zero-order chi connectivity index (χ0) is 20.5. The van der Waals surface area contributed by atoms with E-state index in [0.29, 0.717) is 12.2 Å². The molecule has 0 aliphatic heterocycles. The second-order valence-electron chi connectivity index (χ2n) is 7.20. The van der Waals surface area contributed by atoms with Gasteiger partial charge in [-0.05, 0) is 73.1 Å². The fraction of sp³-hybridized carbons (Fsp3) is 0.435. The van der Waals surface area contributed by atoms with E-state index in [-0.39, 0.29) is 5.75 Å². The first kappa shape index (κ1) is 21.8. The third-order valence-corrected chi connectivity index (χ3v) is 4.73.